The van der Waals surface area contributed by atoms with Crippen molar-refractivity contribution >= 4 is 41.2 Å². The molecule has 1 heterocycles. The summed E-state index contributed by atoms with van der Waals surface area (Å²) >= 11 is 0. The highest BCUT2D eigenvalue weighted by Crippen LogP contribution is 2.23. The van der Waals surface area contributed by atoms with E-state index in [1.54, 1.807) is 24.3 Å². The Balaban J connectivity index is 1.48. The molecule has 1 fully saturated rings. The lowest BCUT2D eigenvalue weighted by Crippen LogP contribution is -2.54. The van der Waals surface area contributed by atoms with E-state index < -0.39 is 23.7 Å². The van der Waals surface area contributed by atoms with Crippen LogP contribution in [0.2, 0.25) is 0 Å². The number of carbonyl (C=O) groups excluding carboxylic acids is 4. The van der Waals surface area contributed by atoms with Crippen LogP contribution in [0, 0.1) is 19.7 Å². The number of nitrogens with zero attached hydrogens (tertiary/aromatic N) is 1. The van der Waals surface area contributed by atoms with E-state index in [4.69, 9.17) is 4.74 Å². The molecular weight excluding hydrogens is 465 g/mol. The van der Waals surface area contributed by atoms with E-state index in [0.717, 1.165) is 28.2 Å². The molecular formula is C27H22FN3O5. The molecule has 0 aromatic heterocycles. The highest BCUT2D eigenvalue weighted by Gasteiger charge is 2.36. The van der Waals surface area contributed by atoms with Crippen LogP contribution in [0.1, 0.15) is 16.7 Å². The minimum atomic E-state index is -0.930. The van der Waals surface area contributed by atoms with Gasteiger partial charge in [-0.3, -0.25) is 19.7 Å². The van der Waals surface area contributed by atoms with Gasteiger partial charge in [0, 0.05) is 5.69 Å². The monoisotopic (exact) mass is 487 g/mol. The summed E-state index contributed by atoms with van der Waals surface area (Å²) in [6.45, 7) is 3.61. The molecule has 182 valence electrons. The van der Waals surface area contributed by atoms with Crippen LogP contribution in [0.4, 0.5) is 20.6 Å². The Hall–Kier alpha value is -4.79. The Morgan fingerprint density at radius 2 is 1.78 bits per heavy atom. The van der Waals surface area contributed by atoms with Crippen molar-refractivity contribution in [1.82, 2.24) is 5.32 Å². The Bertz CT molecular complexity index is 1400. The van der Waals surface area contributed by atoms with E-state index in [-0.39, 0.29) is 23.8 Å². The maximum atomic E-state index is 13.3. The van der Waals surface area contributed by atoms with Crippen LogP contribution in [0.5, 0.6) is 5.75 Å². The van der Waals surface area contributed by atoms with E-state index in [2.05, 4.69) is 10.6 Å². The summed E-state index contributed by atoms with van der Waals surface area (Å²) in [5.41, 5.74) is 2.97. The molecule has 3 aromatic carbocycles. The topological polar surface area (TPSA) is 105 Å². The minimum absolute atomic E-state index is 0.115. The molecule has 1 aliphatic rings. The number of halogens is 1. The van der Waals surface area contributed by atoms with Gasteiger partial charge in [0.2, 0.25) is 0 Å². The Morgan fingerprint density at radius 1 is 1.03 bits per heavy atom. The van der Waals surface area contributed by atoms with Crippen LogP contribution < -0.4 is 20.3 Å². The summed E-state index contributed by atoms with van der Waals surface area (Å²) in [6.07, 6.45) is 1.31. The maximum absolute atomic E-state index is 13.3. The van der Waals surface area contributed by atoms with Crippen molar-refractivity contribution in [3.63, 3.8) is 0 Å². The molecule has 0 aliphatic carbocycles. The standard InChI is InChI=1S/C27H22FN3O5/c1-16-6-11-23(17(2)12-16)29-24(32)15-36-21-5-3-4-18(13-21)14-22-25(33)30-27(35)31(26(22)34)20-9-7-19(28)8-10-20/h3-14H,15H2,1-2H3,(H,29,32)(H,30,33,35)/b22-14+. The second-order valence-electron chi connectivity index (χ2n) is 8.16. The highest BCUT2D eigenvalue weighted by atomic mass is 19.1. The Kier molecular flexibility index (Phi) is 6.91. The number of aryl methyl sites for hydroxylation is 2. The molecule has 0 bridgehead atoms. The minimum Gasteiger partial charge on any atom is -0.484 e. The molecule has 8 nitrogen and oxygen atoms in total. The number of urea groups is 1. The second-order valence-corrected chi connectivity index (χ2v) is 8.16. The average Bonchev–Trinajstić information content (AvgIpc) is 2.83. The molecule has 2 N–H and O–H groups in total. The maximum Gasteiger partial charge on any atom is 0.335 e. The van der Waals surface area contributed by atoms with Gasteiger partial charge in [-0.15, -0.1) is 0 Å². The quantitative estimate of drug-likeness (QED) is 0.402. The zero-order valence-electron chi connectivity index (χ0n) is 19.5. The van der Waals surface area contributed by atoms with Crippen LogP contribution in [-0.4, -0.2) is 30.4 Å². The van der Waals surface area contributed by atoms with E-state index in [1.807, 2.05) is 32.0 Å². The van der Waals surface area contributed by atoms with Crippen LogP contribution in [0.25, 0.3) is 6.08 Å². The third-order valence-corrected chi connectivity index (χ3v) is 5.38. The van der Waals surface area contributed by atoms with Gasteiger partial charge in [-0.05, 0) is 73.5 Å². The molecule has 1 saturated heterocycles. The largest absolute Gasteiger partial charge is 0.484 e. The van der Waals surface area contributed by atoms with Gasteiger partial charge in [0.15, 0.2) is 6.61 Å². The average molecular weight is 487 g/mol. The molecule has 0 atom stereocenters. The number of imide groups is 2. The third-order valence-electron chi connectivity index (χ3n) is 5.38. The molecule has 36 heavy (non-hydrogen) atoms. The van der Waals surface area contributed by atoms with Crippen molar-refractivity contribution in [3.05, 3.63) is 94.8 Å². The molecule has 3 aromatic rings. The number of hydrogen-bond acceptors (Lipinski definition) is 5. The zero-order valence-corrected chi connectivity index (χ0v) is 19.5. The van der Waals surface area contributed by atoms with Gasteiger partial charge < -0.3 is 10.1 Å². The van der Waals surface area contributed by atoms with Crippen LogP contribution in [0.15, 0.2) is 72.3 Å². The van der Waals surface area contributed by atoms with E-state index in [1.165, 1.54) is 18.2 Å². The first-order chi connectivity index (χ1) is 17.2. The predicted molar refractivity (Wildman–Crippen MR) is 132 cm³/mol. The number of barbiturate groups is 1. The van der Waals surface area contributed by atoms with Crippen LogP contribution in [0.3, 0.4) is 0 Å². The first-order valence-electron chi connectivity index (χ1n) is 11.0. The van der Waals surface area contributed by atoms with Gasteiger partial charge in [0.1, 0.15) is 17.1 Å². The molecule has 4 rings (SSSR count). The summed E-state index contributed by atoms with van der Waals surface area (Å²) in [6, 6.07) is 15.9. The smallest absolute Gasteiger partial charge is 0.335 e. The van der Waals surface area contributed by atoms with Crippen LogP contribution >= 0.6 is 0 Å². The molecule has 1 aliphatic heterocycles. The van der Waals surface area contributed by atoms with Crippen molar-refractivity contribution < 1.29 is 28.3 Å². The molecule has 0 saturated carbocycles. The number of amides is 5. The lowest BCUT2D eigenvalue weighted by molar-refractivity contribution is -0.122. The third kappa shape index (κ3) is 5.47. The summed E-state index contributed by atoms with van der Waals surface area (Å²) in [7, 11) is 0. The Morgan fingerprint density at radius 3 is 2.50 bits per heavy atom. The number of nitrogens with one attached hydrogen (secondary N) is 2. The number of anilines is 2. The lowest BCUT2D eigenvalue weighted by Gasteiger charge is -2.26. The van der Waals surface area contributed by atoms with Gasteiger partial charge >= 0.3 is 6.03 Å². The van der Waals surface area contributed by atoms with Gasteiger partial charge in [-0.25, -0.2) is 14.1 Å². The van der Waals surface area contributed by atoms with Gasteiger partial charge in [-0.1, -0.05) is 29.8 Å². The fraction of sp³-hybridized carbons (Fsp3) is 0.111. The number of hydrogen-bond donors (Lipinski definition) is 2. The van der Waals surface area contributed by atoms with Gasteiger partial charge in [0.05, 0.1) is 5.69 Å². The van der Waals surface area contributed by atoms with E-state index >= 15 is 0 Å². The normalized spacial score (nSPS) is 14.6. The van der Waals surface area contributed by atoms with Gasteiger partial charge in [0.25, 0.3) is 17.7 Å². The fourth-order valence-corrected chi connectivity index (χ4v) is 3.63. The second kappa shape index (κ2) is 10.2. The highest BCUT2D eigenvalue weighted by molar-refractivity contribution is 6.39. The SMILES string of the molecule is Cc1ccc(NC(=O)COc2cccc(/C=C3\C(=O)NC(=O)N(c4ccc(F)cc4)C3=O)c2)c(C)c1. The van der Waals surface area contributed by atoms with E-state index in [9.17, 15) is 23.6 Å². The molecule has 0 spiro atoms. The summed E-state index contributed by atoms with van der Waals surface area (Å²) in [5, 5.41) is 4.90. The first-order valence-corrected chi connectivity index (χ1v) is 11.0. The van der Waals surface area contributed by atoms with Crippen molar-refractivity contribution in [3.8, 4) is 5.75 Å². The summed E-state index contributed by atoms with van der Waals surface area (Å²) in [5.74, 6) is -2.25. The Labute approximate surface area is 206 Å². The van der Waals surface area contributed by atoms with E-state index in [0.29, 0.717) is 17.0 Å². The van der Waals surface area contributed by atoms with Crippen molar-refractivity contribution in [2.75, 3.05) is 16.8 Å². The molecule has 0 unspecified atom stereocenters. The number of carbonyl (C=O) groups is 4. The van der Waals surface area contributed by atoms with Crippen LogP contribution in [-0.2, 0) is 14.4 Å². The number of benzene rings is 3. The molecule has 5 amide bonds. The number of ether oxygens (including phenoxy) is 1. The van der Waals surface area contributed by atoms with Crippen molar-refractivity contribution in [2.45, 2.75) is 13.8 Å². The summed E-state index contributed by atoms with van der Waals surface area (Å²) < 4.78 is 18.8. The number of rotatable bonds is 6. The fourth-order valence-electron chi connectivity index (χ4n) is 3.63. The predicted octanol–water partition coefficient (Wildman–Crippen LogP) is 4.13. The van der Waals surface area contributed by atoms with Gasteiger partial charge in [-0.2, -0.15) is 0 Å². The molecule has 9 heteroatoms. The first kappa shape index (κ1) is 24.3. The van der Waals surface area contributed by atoms with Crippen molar-refractivity contribution in [2.24, 2.45) is 0 Å². The summed E-state index contributed by atoms with van der Waals surface area (Å²) in [4.78, 5) is 50.7. The van der Waals surface area contributed by atoms with Crippen molar-refractivity contribution in [1.29, 1.82) is 0 Å². The molecule has 0 radical (unpaired) electrons. The zero-order chi connectivity index (χ0) is 25.8. The lowest BCUT2D eigenvalue weighted by atomic mass is 10.1.